The number of fused-ring (bicyclic) bond motifs is 1. The van der Waals surface area contributed by atoms with Gasteiger partial charge in [-0.1, -0.05) is 48.5 Å². The normalized spacial score (nSPS) is 19.8. The Morgan fingerprint density at radius 2 is 1.96 bits per heavy atom. The molecule has 1 saturated heterocycles. The number of aromatic nitrogens is 1. The fourth-order valence-electron chi connectivity index (χ4n) is 3.66. The van der Waals surface area contributed by atoms with Gasteiger partial charge in [-0.05, 0) is 22.6 Å². The minimum absolute atomic E-state index is 0.0287. The average molecular weight is 331 g/mol. The van der Waals surface area contributed by atoms with E-state index in [1.54, 1.807) is 6.20 Å². The molecule has 2 atom stereocenters. The second-order valence-electron chi connectivity index (χ2n) is 6.51. The minimum Gasteiger partial charge on any atom is -0.352 e. The summed E-state index contributed by atoms with van der Waals surface area (Å²) >= 11 is 0. The number of benzene rings is 2. The Labute approximate surface area is 147 Å². The zero-order valence-electron chi connectivity index (χ0n) is 14.0. The standard InChI is InChI=1S/C21H21N3O/c25-21(20-14-23-13-19(20)15-5-2-1-3-6-15)24-12-17-8-4-7-16-11-22-10-9-18(16)17/h1-11,19-20,23H,12-14H2,(H,24,25)/t19-,20+/m0/s1. The van der Waals surface area contributed by atoms with E-state index in [1.165, 1.54) is 5.56 Å². The van der Waals surface area contributed by atoms with Gasteiger partial charge in [0.05, 0.1) is 5.92 Å². The van der Waals surface area contributed by atoms with Crippen molar-refractivity contribution in [1.82, 2.24) is 15.6 Å². The maximum absolute atomic E-state index is 12.8. The van der Waals surface area contributed by atoms with Crippen LogP contribution < -0.4 is 10.6 Å². The lowest BCUT2D eigenvalue weighted by Crippen LogP contribution is -2.34. The summed E-state index contributed by atoms with van der Waals surface area (Å²) in [5.74, 6) is 0.321. The number of hydrogen-bond donors (Lipinski definition) is 2. The molecule has 1 fully saturated rings. The largest absolute Gasteiger partial charge is 0.352 e. The monoisotopic (exact) mass is 331 g/mol. The molecule has 0 radical (unpaired) electrons. The molecule has 0 bridgehead atoms. The quantitative estimate of drug-likeness (QED) is 0.773. The number of carbonyl (C=O) groups excluding carboxylic acids is 1. The van der Waals surface area contributed by atoms with E-state index in [4.69, 9.17) is 0 Å². The molecule has 1 amide bonds. The van der Waals surface area contributed by atoms with Crippen LogP contribution in [-0.4, -0.2) is 24.0 Å². The van der Waals surface area contributed by atoms with Crippen molar-refractivity contribution in [1.29, 1.82) is 0 Å². The summed E-state index contributed by atoms with van der Waals surface area (Å²) in [7, 11) is 0. The molecule has 25 heavy (non-hydrogen) atoms. The zero-order valence-corrected chi connectivity index (χ0v) is 14.0. The fourth-order valence-corrected chi connectivity index (χ4v) is 3.66. The minimum atomic E-state index is -0.0287. The van der Waals surface area contributed by atoms with Crippen LogP contribution in [0.3, 0.4) is 0 Å². The number of rotatable bonds is 4. The van der Waals surface area contributed by atoms with Crippen LogP contribution in [0.1, 0.15) is 17.0 Å². The molecule has 4 nitrogen and oxygen atoms in total. The first-order chi connectivity index (χ1) is 12.3. The number of nitrogens with one attached hydrogen (secondary N) is 2. The van der Waals surface area contributed by atoms with Crippen LogP contribution in [0.2, 0.25) is 0 Å². The topological polar surface area (TPSA) is 54.0 Å². The van der Waals surface area contributed by atoms with Crippen LogP contribution in [0.5, 0.6) is 0 Å². The Morgan fingerprint density at radius 1 is 1.08 bits per heavy atom. The van der Waals surface area contributed by atoms with E-state index in [-0.39, 0.29) is 17.7 Å². The van der Waals surface area contributed by atoms with Crippen LogP contribution >= 0.6 is 0 Å². The van der Waals surface area contributed by atoms with Crippen molar-refractivity contribution < 1.29 is 4.79 Å². The van der Waals surface area contributed by atoms with Gasteiger partial charge in [-0.2, -0.15) is 0 Å². The van der Waals surface area contributed by atoms with Crippen molar-refractivity contribution in [2.75, 3.05) is 13.1 Å². The lowest BCUT2D eigenvalue weighted by Gasteiger charge is -2.19. The Morgan fingerprint density at radius 3 is 2.84 bits per heavy atom. The number of pyridine rings is 1. The van der Waals surface area contributed by atoms with Gasteiger partial charge < -0.3 is 10.6 Å². The van der Waals surface area contributed by atoms with E-state index in [0.29, 0.717) is 6.54 Å². The smallest absolute Gasteiger partial charge is 0.225 e. The summed E-state index contributed by atoms with van der Waals surface area (Å²) in [4.78, 5) is 16.9. The highest BCUT2D eigenvalue weighted by Crippen LogP contribution is 2.28. The predicted molar refractivity (Wildman–Crippen MR) is 99.1 cm³/mol. The summed E-state index contributed by atoms with van der Waals surface area (Å²) in [5, 5.41) is 8.73. The number of hydrogen-bond acceptors (Lipinski definition) is 3. The van der Waals surface area contributed by atoms with Gasteiger partial charge in [-0.15, -0.1) is 0 Å². The lowest BCUT2D eigenvalue weighted by atomic mass is 9.88. The summed E-state index contributed by atoms with van der Waals surface area (Å²) in [6, 6.07) is 18.4. The highest BCUT2D eigenvalue weighted by atomic mass is 16.1. The zero-order chi connectivity index (χ0) is 17.1. The van der Waals surface area contributed by atoms with Crippen molar-refractivity contribution in [3.8, 4) is 0 Å². The highest BCUT2D eigenvalue weighted by Gasteiger charge is 2.33. The van der Waals surface area contributed by atoms with Gasteiger partial charge in [0.2, 0.25) is 5.91 Å². The predicted octanol–water partition coefficient (Wildman–Crippen LogP) is 2.85. The Balaban J connectivity index is 1.48. The van der Waals surface area contributed by atoms with E-state index in [0.717, 1.165) is 29.4 Å². The van der Waals surface area contributed by atoms with Gasteiger partial charge in [-0.3, -0.25) is 9.78 Å². The van der Waals surface area contributed by atoms with Crippen LogP contribution in [0.25, 0.3) is 10.8 Å². The van der Waals surface area contributed by atoms with Gasteiger partial charge in [0.1, 0.15) is 0 Å². The number of amides is 1. The van der Waals surface area contributed by atoms with Crippen LogP contribution in [0, 0.1) is 5.92 Å². The Kier molecular flexibility index (Phi) is 4.44. The van der Waals surface area contributed by atoms with E-state index >= 15 is 0 Å². The van der Waals surface area contributed by atoms with Crippen molar-refractivity contribution in [2.45, 2.75) is 12.5 Å². The molecule has 126 valence electrons. The summed E-state index contributed by atoms with van der Waals surface area (Å²) < 4.78 is 0. The molecule has 4 rings (SSSR count). The van der Waals surface area contributed by atoms with E-state index < -0.39 is 0 Å². The van der Waals surface area contributed by atoms with Crippen molar-refractivity contribution in [2.24, 2.45) is 5.92 Å². The van der Waals surface area contributed by atoms with Gasteiger partial charge in [0, 0.05) is 43.3 Å². The van der Waals surface area contributed by atoms with Gasteiger partial charge in [0.25, 0.3) is 0 Å². The average Bonchev–Trinajstić information content (AvgIpc) is 3.17. The second kappa shape index (κ2) is 7.03. The van der Waals surface area contributed by atoms with E-state index in [2.05, 4.69) is 33.8 Å². The van der Waals surface area contributed by atoms with Crippen LogP contribution in [0.15, 0.2) is 67.0 Å². The lowest BCUT2D eigenvalue weighted by molar-refractivity contribution is -0.125. The van der Waals surface area contributed by atoms with E-state index in [1.807, 2.05) is 42.6 Å². The molecule has 0 unspecified atom stereocenters. The first-order valence-corrected chi connectivity index (χ1v) is 8.68. The molecule has 4 heteroatoms. The van der Waals surface area contributed by atoms with Gasteiger partial charge in [0.15, 0.2) is 0 Å². The maximum Gasteiger partial charge on any atom is 0.225 e. The third-order valence-corrected chi connectivity index (χ3v) is 5.00. The maximum atomic E-state index is 12.8. The molecular weight excluding hydrogens is 310 g/mol. The van der Waals surface area contributed by atoms with Crippen molar-refractivity contribution in [3.05, 3.63) is 78.1 Å². The summed E-state index contributed by atoms with van der Waals surface area (Å²) in [5.41, 5.74) is 2.35. The van der Waals surface area contributed by atoms with Gasteiger partial charge >= 0.3 is 0 Å². The molecule has 2 aromatic carbocycles. The van der Waals surface area contributed by atoms with Gasteiger partial charge in [-0.25, -0.2) is 0 Å². The Hall–Kier alpha value is -2.72. The van der Waals surface area contributed by atoms with E-state index in [9.17, 15) is 4.79 Å². The summed E-state index contributed by atoms with van der Waals surface area (Å²) in [6.45, 7) is 2.12. The molecule has 3 aromatic rings. The third kappa shape index (κ3) is 3.26. The molecule has 0 aliphatic carbocycles. The van der Waals surface area contributed by atoms with Crippen LogP contribution in [0.4, 0.5) is 0 Å². The first-order valence-electron chi connectivity index (χ1n) is 8.68. The molecule has 1 aliphatic heterocycles. The molecule has 2 heterocycles. The second-order valence-corrected chi connectivity index (χ2v) is 6.51. The summed E-state index contributed by atoms with van der Waals surface area (Å²) in [6.07, 6.45) is 3.65. The molecule has 2 N–H and O–H groups in total. The number of nitrogens with zero attached hydrogens (tertiary/aromatic N) is 1. The first kappa shape index (κ1) is 15.8. The van der Waals surface area contributed by atoms with Crippen molar-refractivity contribution >= 4 is 16.7 Å². The fraction of sp³-hybridized carbons (Fsp3) is 0.238. The molecule has 0 spiro atoms. The van der Waals surface area contributed by atoms with Crippen molar-refractivity contribution in [3.63, 3.8) is 0 Å². The molecule has 1 aliphatic rings. The highest BCUT2D eigenvalue weighted by molar-refractivity contribution is 5.86. The molecule has 0 saturated carbocycles. The van der Waals surface area contributed by atoms with Crippen LogP contribution in [-0.2, 0) is 11.3 Å². The Bertz CT molecular complexity index is 873. The molecule has 1 aromatic heterocycles. The third-order valence-electron chi connectivity index (χ3n) is 5.00. The number of carbonyl (C=O) groups is 1. The SMILES string of the molecule is O=C(NCc1cccc2cnccc12)[C@@H]1CNC[C@H]1c1ccccc1. The molecular formula is C21H21N3O.